The summed E-state index contributed by atoms with van der Waals surface area (Å²) in [6.07, 6.45) is 0.467. The van der Waals surface area contributed by atoms with Gasteiger partial charge in [-0.05, 0) is 56.2 Å². The summed E-state index contributed by atoms with van der Waals surface area (Å²) in [5, 5.41) is 3.12. The molecule has 0 unspecified atom stereocenters. The fourth-order valence-electron chi connectivity index (χ4n) is 4.18. The molecule has 0 saturated heterocycles. The number of aliphatic imine (C=N–C) groups is 1. The number of sulfonamides is 1. The number of hydrogen-bond acceptors (Lipinski definition) is 10. The molecule has 224 valence electrons. The van der Waals surface area contributed by atoms with Crippen LogP contribution < -0.4 is 14.4 Å². The zero-order valence-corrected chi connectivity index (χ0v) is 25.5. The Morgan fingerprint density at radius 3 is 2.50 bits per heavy atom. The minimum atomic E-state index is -4.41. The van der Waals surface area contributed by atoms with Crippen molar-refractivity contribution in [2.45, 2.75) is 57.1 Å². The van der Waals surface area contributed by atoms with E-state index >= 15 is 4.39 Å². The summed E-state index contributed by atoms with van der Waals surface area (Å²) in [7, 11) is -2.89. The Kier molecular flexibility index (Phi) is 9.62. The monoisotopic (exact) mass is 616 g/mol. The Hall–Kier alpha value is -3.84. The molecule has 13 heteroatoms. The number of benzene rings is 2. The number of carbonyl (C=O) groups excluding carboxylic acids is 2. The van der Waals surface area contributed by atoms with Gasteiger partial charge in [-0.3, -0.25) is 14.1 Å². The second kappa shape index (κ2) is 13.0. The first kappa shape index (κ1) is 31.1. The van der Waals surface area contributed by atoms with Gasteiger partial charge in [0.2, 0.25) is 0 Å². The molecular formula is C29H33FN4O6S2. The Labute approximate surface area is 248 Å². The molecule has 0 fully saturated rings. The number of halogens is 1. The maximum atomic E-state index is 15.2. The number of anilines is 1. The average molecular weight is 617 g/mol. The third kappa shape index (κ3) is 7.71. The first-order chi connectivity index (χ1) is 19.9. The number of nitrogens with zero attached hydrogens (tertiary/aromatic N) is 3. The van der Waals surface area contributed by atoms with Crippen LogP contribution in [0.2, 0.25) is 0 Å². The molecule has 1 aromatic heterocycles. The number of Topliss-reactive ketones (excluding diaryl/α,β-unsaturated/α-hetero) is 1. The Morgan fingerprint density at radius 1 is 1.14 bits per heavy atom. The minimum Gasteiger partial charge on any atom is -0.497 e. The van der Waals surface area contributed by atoms with Gasteiger partial charge in [-0.25, -0.2) is 22.6 Å². The number of hydrogen-bond donors (Lipinski definition) is 1. The van der Waals surface area contributed by atoms with Crippen molar-refractivity contribution in [1.29, 1.82) is 0 Å². The number of ketones is 1. The lowest BCUT2D eigenvalue weighted by molar-refractivity contribution is -0.118. The van der Waals surface area contributed by atoms with E-state index in [1.807, 2.05) is 0 Å². The lowest BCUT2D eigenvalue weighted by Crippen LogP contribution is -2.32. The van der Waals surface area contributed by atoms with Crippen molar-refractivity contribution in [1.82, 2.24) is 10.3 Å². The molecule has 0 amide bonds. The normalized spacial score (nSPS) is 13.3. The molecule has 1 N–H and O–H groups in total. The van der Waals surface area contributed by atoms with E-state index in [0.29, 0.717) is 24.3 Å². The molecule has 1 aliphatic heterocycles. The molecule has 3 aromatic rings. The van der Waals surface area contributed by atoms with Crippen LogP contribution in [0.25, 0.3) is 0 Å². The number of methoxy groups -OCH3 is 1. The van der Waals surface area contributed by atoms with Crippen molar-refractivity contribution in [3.05, 3.63) is 70.6 Å². The number of esters is 1. The SMILES string of the molecule is COc1ccc(CN(c2scnc2C(=O)OC(C)(C)C)S(=O)(=O)c2ccc(CC(=O)CCC3=NCCN3)c(F)c2)cc1. The average Bonchev–Trinajstić information content (AvgIpc) is 3.63. The molecule has 4 rings (SSSR count). The summed E-state index contributed by atoms with van der Waals surface area (Å²) in [6, 6.07) is 10.2. The predicted molar refractivity (Wildman–Crippen MR) is 158 cm³/mol. The smallest absolute Gasteiger partial charge is 0.360 e. The maximum Gasteiger partial charge on any atom is 0.360 e. The highest BCUT2D eigenvalue weighted by molar-refractivity contribution is 7.93. The maximum absolute atomic E-state index is 15.2. The summed E-state index contributed by atoms with van der Waals surface area (Å²) in [6.45, 7) is 6.31. The van der Waals surface area contributed by atoms with Gasteiger partial charge in [0, 0.05) is 25.8 Å². The molecular weight excluding hydrogens is 583 g/mol. The standard InChI is InChI=1S/C29H33FN4O6S2/c1-29(2,3)40-28(36)26-27(41-18-33-26)34(17-19-5-9-22(39-4)10-6-19)42(37,38)23-11-7-20(24(30)16-23)15-21(35)8-12-25-31-13-14-32-25/h5-7,9-11,16,18H,8,12-15,17H2,1-4H3,(H,31,32). The van der Waals surface area contributed by atoms with Crippen molar-refractivity contribution >= 4 is 43.9 Å². The lowest BCUT2D eigenvalue weighted by atomic mass is 10.1. The predicted octanol–water partition coefficient (Wildman–Crippen LogP) is 4.54. The highest BCUT2D eigenvalue weighted by atomic mass is 32.2. The zero-order chi connectivity index (χ0) is 30.5. The molecule has 2 aromatic carbocycles. The third-order valence-electron chi connectivity index (χ3n) is 6.24. The number of carbonyl (C=O) groups is 2. The van der Waals surface area contributed by atoms with E-state index in [1.165, 1.54) is 24.8 Å². The van der Waals surface area contributed by atoms with Gasteiger partial charge in [-0.2, -0.15) is 0 Å². The highest BCUT2D eigenvalue weighted by Crippen LogP contribution is 2.34. The minimum absolute atomic E-state index is 0.0307. The van der Waals surface area contributed by atoms with Crippen molar-refractivity contribution in [3.8, 4) is 5.75 Å². The largest absolute Gasteiger partial charge is 0.497 e. The summed E-state index contributed by atoms with van der Waals surface area (Å²) in [5.74, 6) is -0.445. The summed E-state index contributed by atoms with van der Waals surface area (Å²) < 4.78 is 54.9. The third-order valence-corrected chi connectivity index (χ3v) is 8.94. The van der Waals surface area contributed by atoms with E-state index in [9.17, 15) is 18.0 Å². The number of rotatable bonds is 12. The van der Waals surface area contributed by atoms with Gasteiger partial charge in [0.05, 0.1) is 36.4 Å². The molecule has 10 nitrogen and oxygen atoms in total. The van der Waals surface area contributed by atoms with Crippen molar-refractivity contribution < 1.29 is 31.9 Å². The van der Waals surface area contributed by atoms with Crippen molar-refractivity contribution in [2.75, 3.05) is 24.5 Å². The van der Waals surface area contributed by atoms with Crippen LogP contribution in [0.5, 0.6) is 5.75 Å². The van der Waals surface area contributed by atoms with Gasteiger partial charge in [0.25, 0.3) is 10.0 Å². The number of thiazole rings is 1. The van der Waals surface area contributed by atoms with Crippen molar-refractivity contribution in [2.24, 2.45) is 4.99 Å². The summed E-state index contributed by atoms with van der Waals surface area (Å²) in [4.78, 5) is 33.5. The zero-order valence-electron chi connectivity index (χ0n) is 23.8. The molecule has 42 heavy (non-hydrogen) atoms. The second-order valence-corrected chi connectivity index (χ2v) is 13.3. The van der Waals surface area contributed by atoms with Gasteiger partial charge >= 0.3 is 5.97 Å². The van der Waals surface area contributed by atoms with E-state index in [4.69, 9.17) is 9.47 Å². The second-order valence-electron chi connectivity index (χ2n) is 10.6. The molecule has 0 saturated carbocycles. The van der Waals surface area contributed by atoms with Crippen LogP contribution in [0.1, 0.15) is 55.2 Å². The van der Waals surface area contributed by atoms with E-state index in [-0.39, 0.29) is 46.3 Å². The first-order valence-corrected chi connectivity index (χ1v) is 15.6. The fraction of sp³-hybridized carbons (Fsp3) is 0.379. The van der Waals surface area contributed by atoms with Crippen LogP contribution in [0.15, 0.2) is 57.9 Å². The van der Waals surface area contributed by atoms with Crippen molar-refractivity contribution in [3.63, 3.8) is 0 Å². The number of aromatic nitrogens is 1. The molecule has 0 aliphatic carbocycles. The fourth-order valence-corrected chi connectivity index (χ4v) is 6.66. The molecule has 2 heterocycles. The molecule has 0 bridgehead atoms. The number of nitrogens with one attached hydrogen (secondary N) is 1. The highest BCUT2D eigenvalue weighted by Gasteiger charge is 2.33. The quantitative estimate of drug-likeness (QED) is 0.294. The first-order valence-electron chi connectivity index (χ1n) is 13.3. The Balaban J connectivity index is 1.64. The van der Waals surface area contributed by atoms with Crippen LogP contribution in [0.3, 0.4) is 0 Å². The molecule has 1 aliphatic rings. The topological polar surface area (TPSA) is 127 Å². The summed E-state index contributed by atoms with van der Waals surface area (Å²) >= 11 is 0.949. The van der Waals surface area contributed by atoms with Gasteiger partial charge in [0.1, 0.15) is 28.0 Å². The van der Waals surface area contributed by atoms with Gasteiger partial charge in [0.15, 0.2) is 5.69 Å². The van der Waals surface area contributed by atoms with Crippen LogP contribution in [0, 0.1) is 5.82 Å². The van der Waals surface area contributed by atoms with Crippen LogP contribution in [-0.2, 0) is 32.5 Å². The van der Waals surface area contributed by atoms with Crippen LogP contribution in [-0.4, -0.2) is 56.8 Å². The Bertz CT molecular complexity index is 1580. The van der Waals surface area contributed by atoms with E-state index < -0.39 is 27.4 Å². The summed E-state index contributed by atoms with van der Waals surface area (Å²) in [5.41, 5.74) is 1.03. The van der Waals surface area contributed by atoms with Gasteiger partial charge in [-0.1, -0.05) is 18.2 Å². The molecule has 0 radical (unpaired) electrons. The van der Waals surface area contributed by atoms with Gasteiger partial charge < -0.3 is 14.8 Å². The lowest BCUT2D eigenvalue weighted by Gasteiger charge is -2.25. The molecule has 0 atom stereocenters. The van der Waals surface area contributed by atoms with Gasteiger partial charge in [-0.15, -0.1) is 11.3 Å². The van der Waals surface area contributed by atoms with E-state index in [2.05, 4.69) is 15.3 Å². The number of amidine groups is 1. The molecule has 0 spiro atoms. The van der Waals surface area contributed by atoms with Crippen LogP contribution >= 0.6 is 11.3 Å². The van der Waals surface area contributed by atoms with E-state index in [0.717, 1.165) is 34.1 Å². The Morgan fingerprint density at radius 2 is 1.88 bits per heavy atom. The van der Waals surface area contributed by atoms with E-state index in [1.54, 1.807) is 45.0 Å². The number of ether oxygens (including phenoxy) is 2. The van der Waals surface area contributed by atoms with Crippen LogP contribution in [0.4, 0.5) is 9.39 Å².